The zero-order chi connectivity index (χ0) is 19.0. The molecule has 3 aliphatic rings. The van der Waals surface area contributed by atoms with E-state index in [4.69, 9.17) is 4.74 Å². The third-order valence-corrected chi connectivity index (χ3v) is 6.43. The number of carbonyl (C=O) groups excluding carboxylic acids is 2. The molecule has 1 N–H and O–H groups in total. The van der Waals surface area contributed by atoms with Gasteiger partial charge in [-0.3, -0.25) is 9.78 Å². The van der Waals surface area contributed by atoms with Gasteiger partial charge in [-0.15, -0.1) is 0 Å². The Hall–Kier alpha value is -2.21. The van der Waals surface area contributed by atoms with E-state index >= 15 is 0 Å². The van der Waals surface area contributed by atoms with Crippen molar-refractivity contribution in [3.8, 4) is 0 Å². The quantitative estimate of drug-likeness (QED) is 0.826. The highest BCUT2D eigenvalue weighted by atomic mass is 16.5. The van der Waals surface area contributed by atoms with Crippen LogP contribution in [0.3, 0.4) is 0 Å². The Bertz CT molecular complexity index is 776. The van der Waals surface area contributed by atoms with E-state index in [0.29, 0.717) is 18.2 Å². The highest BCUT2D eigenvalue weighted by Gasteiger charge is 2.50. The second-order valence-electron chi connectivity index (χ2n) is 8.10. The number of hydrogen-bond acceptors (Lipinski definition) is 5. The molecule has 1 aromatic heterocycles. The summed E-state index contributed by atoms with van der Waals surface area (Å²) < 4.78 is 5.09. The smallest absolute Gasteiger partial charge is 0.336 e. The van der Waals surface area contributed by atoms with Crippen LogP contribution in [-0.2, 0) is 20.9 Å². The number of aryl methyl sites for hydroxylation is 1. The van der Waals surface area contributed by atoms with Crippen molar-refractivity contribution in [3.63, 3.8) is 0 Å². The van der Waals surface area contributed by atoms with Crippen LogP contribution in [-0.4, -0.2) is 41.0 Å². The summed E-state index contributed by atoms with van der Waals surface area (Å²) in [4.78, 5) is 30.9. The standard InChI is InChI=1S/C21H27N3O3/c1-14-3-4-16(11-22-14)12-23-17-5-7-21(8-6-17)9-10-24(20(21)26)18-13-27-19(25)15(18)2/h3-4,11,17,23H,5-10,12-13H2,1-2H3. The van der Waals surface area contributed by atoms with E-state index in [9.17, 15) is 9.59 Å². The van der Waals surface area contributed by atoms with E-state index in [0.717, 1.165) is 50.0 Å². The molecule has 0 radical (unpaired) electrons. The van der Waals surface area contributed by atoms with Gasteiger partial charge in [0.2, 0.25) is 5.91 Å². The van der Waals surface area contributed by atoms with Gasteiger partial charge in [-0.2, -0.15) is 0 Å². The minimum absolute atomic E-state index is 0.191. The van der Waals surface area contributed by atoms with Gasteiger partial charge in [-0.25, -0.2) is 4.79 Å². The number of esters is 1. The third-order valence-electron chi connectivity index (χ3n) is 6.43. The van der Waals surface area contributed by atoms with Crippen molar-refractivity contribution in [3.05, 3.63) is 40.9 Å². The van der Waals surface area contributed by atoms with Gasteiger partial charge < -0.3 is 15.0 Å². The van der Waals surface area contributed by atoms with E-state index in [1.54, 1.807) is 6.92 Å². The highest BCUT2D eigenvalue weighted by molar-refractivity contribution is 5.94. The SMILES string of the molecule is CC1=C(N2CCC3(CCC(NCc4ccc(C)nc4)CC3)C2=O)COC1=O. The van der Waals surface area contributed by atoms with E-state index in [-0.39, 0.29) is 23.9 Å². The molecule has 2 fully saturated rings. The lowest BCUT2D eigenvalue weighted by Crippen LogP contribution is -2.42. The van der Waals surface area contributed by atoms with E-state index in [2.05, 4.69) is 16.4 Å². The number of cyclic esters (lactones) is 1. The number of nitrogens with one attached hydrogen (secondary N) is 1. The Morgan fingerprint density at radius 3 is 2.63 bits per heavy atom. The van der Waals surface area contributed by atoms with Crippen LogP contribution in [0.4, 0.5) is 0 Å². The van der Waals surface area contributed by atoms with Crippen LogP contribution in [0.1, 0.15) is 50.3 Å². The van der Waals surface area contributed by atoms with Crippen LogP contribution in [0.15, 0.2) is 29.6 Å². The molecule has 6 nitrogen and oxygen atoms in total. The molecule has 27 heavy (non-hydrogen) atoms. The number of ether oxygens (including phenoxy) is 1. The van der Waals surface area contributed by atoms with Crippen molar-refractivity contribution in [1.29, 1.82) is 0 Å². The minimum Gasteiger partial charge on any atom is -0.456 e. The first-order valence-corrected chi connectivity index (χ1v) is 9.82. The lowest BCUT2D eigenvalue weighted by atomic mass is 9.71. The molecular weight excluding hydrogens is 342 g/mol. The second-order valence-corrected chi connectivity index (χ2v) is 8.10. The first-order chi connectivity index (χ1) is 13.0. The van der Waals surface area contributed by atoms with Gasteiger partial charge >= 0.3 is 5.97 Å². The molecule has 1 aliphatic carbocycles. The maximum absolute atomic E-state index is 13.1. The van der Waals surface area contributed by atoms with Gasteiger partial charge in [0, 0.05) is 31.0 Å². The van der Waals surface area contributed by atoms with E-state index in [1.165, 1.54) is 5.56 Å². The van der Waals surface area contributed by atoms with Crippen LogP contribution in [0.5, 0.6) is 0 Å². The molecule has 0 aromatic carbocycles. The number of pyridine rings is 1. The molecule has 1 aromatic rings. The molecule has 1 amide bonds. The fourth-order valence-electron chi connectivity index (χ4n) is 4.53. The average molecular weight is 369 g/mol. The summed E-state index contributed by atoms with van der Waals surface area (Å²) in [5.74, 6) is -0.103. The molecule has 1 saturated carbocycles. The minimum atomic E-state index is -0.294. The number of likely N-dealkylation sites (tertiary alicyclic amines) is 1. The largest absolute Gasteiger partial charge is 0.456 e. The average Bonchev–Trinajstić information content (AvgIpc) is 3.16. The highest BCUT2D eigenvalue weighted by Crippen LogP contribution is 2.46. The third kappa shape index (κ3) is 3.38. The summed E-state index contributed by atoms with van der Waals surface area (Å²) in [6, 6.07) is 4.59. The monoisotopic (exact) mass is 369 g/mol. The fourth-order valence-corrected chi connectivity index (χ4v) is 4.53. The van der Waals surface area contributed by atoms with Crippen molar-refractivity contribution in [1.82, 2.24) is 15.2 Å². The van der Waals surface area contributed by atoms with E-state index < -0.39 is 0 Å². The lowest BCUT2D eigenvalue weighted by molar-refractivity contribution is -0.138. The molecule has 0 bridgehead atoms. The summed E-state index contributed by atoms with van der Waals surface area (Å²) in [6.07, 6.45) is 6.64. The molecule has 0 unspecified atom stereocenters. The van der Waals surface area contributed by atoms with Gasteiger partial charge in [-0.05, 0) is 57.6 Å². The molecular formula is C21H27N3O3. The number of amides is 1. The number of aromatic nitrogens is 1. The zero-order valence-electron chi connectivity index (χ0n) is 16.1. The number of hydrogen-bond donors (Lipinski definition) is 1. The topological polar surface area (TPSA) is 71.5 Å². The van der Waals surface area contributed by atoms with E-state index in [1.807, 2.05) is 24.1 Å². The maximum Gasteiger partial charge on any atom is 0.336 e. The lowest BCUT2D eigenvalue weighted by Gasteiger charge is -2.36. The van der Waals surface area contributed by atoms with Crippen molar-refractivity contribution in [2.24, 2.45) is 5.41 Å². The van der Waals surface area contributed by atoms with Crippen molar-refractivity contribution in [2.45, 2.75) is 58.5 Å². The van der Waals surface area contributed by atoms with Crippen LogP contribution < -0.4 is 5.32 Å². The van der Waals surface area contributed by atoms with Crippen LogP contribution in [0, 0.1) is 12.3 Å². The van der Waals surface area contributed by atoms with Crippen LogP contribution >= 0.6 is 0 Å². The molecule has 144 valence electrons. The van der Waals surface area contributed by atoms with Gasteiger partial charge in [0.1, 0.15) is 6.61 Å². The summed E-state index contributed by atoms with van der Waals surface area (Å²) in [5.41, 5.74) is 3.33. The molecule has 0 atom stereocenters. The molecule has 1 saturated heterocycles. The van der Waals surface area contributed by atoms with Gasteiger partial charge in [0.25, 0.3) is 0 Å². The number of carbonyl (C=O) groups is 2. The van der Waals surface area contributed by atoms with Crippen LogP contribution in [0.25, 0.3) is 0 Å². The Balaban J connectivity index is 1.34. The van der Waals surface area contributed by atoms with Crippen LogP contribution in [0.2, 0.25) is 0 Å². The summed E-state index contributed by atoms with van der Waals surface area (Å²) in [5, 5.41) is 3.62. The second kappa shape index (κ2) is 7.08. The first-order valence-electron chi connectivity index (χ1n) is 9.82. The first kappa shape index (κ1) is 18.2. The molecule has 4 rings (SSSR count). The van der Waals surface area contributed by atoms with Crippen molar-refractivity contribution in [2.75, 3.05) is 13.2 Å². The summed E-state index contributed by atoms with van der Waals surface area (Å²) >= 11 is 0. The van der Waals surface area contributed by atoms with Crippen molar-refractivity contribution < 1.29 is 14.3 Å². The number of rotatable bonds is 4. The summed E-state index contributed by atoms with van der Waals surface area (Å²) in [7, 11) is 0. The van der Waals surface area contributed by atoms with Gasteiger partial charge in [0.05, 0.1) is 16.7 Å². The van der Waals surface area contributed by atoms with Gasteiger partial charge in [0.15, 0.2) is 0 Å². The van der Waals surface area contributed by atoms with Gasteiger partial charge in [-0.1, -0.05) is 6.07 Å². The maximum atomic E-state index is 13.1. The van der Waals surface area contributed by atoms with Crippen molar-refractivity contribution >= 4 is 11.9 Å². The Labute approximate surface area is 160 Å². The normalized spacial score (nSPS) is 28.4. The Kier molecular flexibility index (Phi) is 4.76. The Morgan fingerprint density at radius 2 is 2.00 bits per heavy atom. The zero-order valence-corrected chi connectivity index (χ0v) is 16.1. The Morgan fingerprint density at radius 1 is 1.22 bits per heavy atom. The molecule has 2 aliphatic heterocycles. The molecule has 6 heteroatoms. The molecule has 3 heterocycles. The molecule has 1 spiro atoms. The fraction of sp³-hybridized carbons (Fsp3) is 0.571. The predicted molar refractivity (Wildman–Crippen MR) is 100 cm³/mol. The summed E-state index contributed by atoms with van der Waals surface area (Å²) in [6.45, 7) is 5.50. The predicted octanol–water partition coefficient (Wildman–Crippen LogP) is 2.47. The number of nitrogens with zero attached hydrogens (tertiary/aromatic N) is 2.